The smallest absolute Gasteiger partial charge is 0.324 e. The highest BCUT2D eigenvalue weighted by molar-refractivity contribution is 5.90. The minimum atomic E-state index is -0.258. The van der Waals surface area contributed by atoms with Crippen molar-refractivity contribution in [2.45, 2.75) is 26.6 Å². The van der Waals surface area contributed by atoms with E-state index in [0.29, 0.717) is 18.9 Å². The molecule has 0 radical (unpaired) electrons. The van der Waals surface area contributed by atoms with Crippen LogP contribution in [0.3, 0.4) is 0 Å². The van der Waals surface area contributed by atoms with Gasteiger partial charge < -0.3 is 10.6 Å². The topological polar surface area (TPSA) is 81.0 Å². The summed E-state index contributed by atoms with van der Waals surface area (Å²) in [4.78, 5) is 24.1. The molecule has 0 bridgehead atoms. The van der Waals surface area contributed by atoms with Gasteiger partial charge in [0, 0.05) is 18.8 Å². The standard InChI is InChI=1S/C14H17N5O2/c1-10-3-2-4-11(7-10)16-13(20)9-19-14(21)18-6-5-15-8-12(18)17-19/h2-4,7,15H,5-6,8-9H2,1H3,(H,16,20). The maximum absolute atomic E-state index is 12.1. The van der Waals surface area contributed by atoms with Crippen molar-refractivity contribution in [1.29, 1.82) is 0 Å². The highest BCUT2D eigenvalue weighted by atomic mass is 16.2. The molecule has 1 aliphatic heterocycles. The van der Waals surface area contributed by atoms with Gasteiger partial charge in [-0.05, 0) is 24.6 Å². The second-order valence-corrected chi connectivity index (χ2v) is 5.10. The number of carbonyl (C=O) groups is 1. The number of carbonyl (C=O) groups excluding carboxylic acids is 1. The average Bonchev–Trinajstić information content (AvgIpc) is 2.76. The zero-order valence-electron chi connectivity index (χ0n) is 11.8. The van der Waals surface area contributed by atoms with Gasteiger partial charge in [-0.3, -0.25) is 9.36 Å². The molecule has 0 aliphatic carbocycles. The van der Waals surface area contributed by atoms with Crippen molar-refractivity contribution < 1.29 is 4.79 Å². The average molecular weight is 287 g/mol. The molecule has 3 rings (SSSR count). The molecule has 2 aromatic rings. The highest BCUT2D eigenvalue weighted by Gasteiger charge is 2.17. The Morgan fingerprint density at radius 2 is 2.33 bits per heavy atom. The van der Waals surface area contributed by atoms with Crippen LogP contribution in [0.2, 0.25) is 0 Å². The summed E-state index contributed by atoms with van der Waals surface area (Å²) in [7, 11) is 0. The number of nitrogens with one attached hydrogen (secondary N) is 2. The van der Waals surface area contributed by atoms with E-state index in [0.717, 1.165) is 17.8 Å². The van der Waals surface area contributed by atoms with Crippen molar-refractivity contribution in [3.63, 3.8) is 0 Å². The van der Waals surface area contributed by atoms with Crippen molar-refractivity contribution in [2.24, 2.45) is 0 Å². The van der Waals surface area contributed by atoms with Gasteiger partial charge in [0.25, 0.3) is 0 Å². The fourth-order valence-corrected chi connectivity index (χ4v) is 2.39. The normalized spacial score (nSPS) is 13.8. The van der Waals surface area contributed by atoms with E-state index < -0.39 is 0 Å². The Hall–Kier alpha value is -2.41. The molecular formula is C14H17N5O2. The van der Waals surface area contributed by atoms with E-state index in [1.807, 2.05) is 31.2 Å². The molecule has 0 saturated carbocycles. The zero-order valence-corrected chi connectivity index (χ0v) is 11.8. The van der Waals surface area contributed by atoms with Gasteiger partial charge in [0.05, 0.1) is 6.54 Å². The summed E-state index contributed by atoms with van der Waals surface area (Å²) in [6.45, 7) is 3.77. The highest BCUT2D eigenvalue weighted by Crippen LogP contribution is 2.09. The summed E-state index contributed by atoms with van der Waals surface area (Å²) in [5.41, 5.74) is 1.55. The third kappa shape index (κ3) is 2.87. The molecule has 0 saturated heterocycles. The van der Waals surface area contributed by atoms with Crippen LogP contribution in [0.25, 0.3) is 0 Å². The van der Waals surface area contributed by atoms with E-state index in [1.165, 1.54) is 4.68 Å². The van der Waals surface area contributed by atoms with Gasteiger partial charge in [0.1, 0.15) is 12.4 Å². The molecule has 7 nitrogen and oxygen atoms in total. The molecule has 1 aromatic heterocycles. The summed E-state index contributed by atoms with van der Waals surface area (Å²) < 4.78 is 2.82. The van der Waals surface area contributed by atoms with Crippen molar-refractivity contribution in [1.82, 2.24) is 19.7 Å². The molecule has 21 heavy (non-hydrogen) atoms. The number of nitrogens with zero attached hydrogens (tertiary/aromatic N) is 3. The fourth-order valence-electron chi connectivity index (χ4n) is 2.39. The van der Waals surface area contributed by atoms with Gasteiger partial charge in [-0.15, -0.1) is 0 Å². The Labute approximate surface area is 121 Å². The zero-order chi connectivity index (χ0) is 14.8. The minimum Gasteiger partial charge on any atom is -0.324 e. The Bertz CT molecular complexity index is 731. The number of aryl methyl sites for hydroxylation is 1. The van der Waals surface area contributed by atoms with Gasteiger partial charge in [0.15, 0.2) is 0 Å². The molecule has 2 N–H and O–H groups in total. The van der Waals surface area contributed by atoms with Crippen molar-refractivity contribution >= 4 is 11.6 Å². The SMILES string of the molecule is Cc1cccc(NC(=O)Cn2nc3n(c2=O)CCNC3)c1. The largest absolute Gasteiger partial charge is 0.346 e. The molecule has 7 heteroatoms. The third-order valence-electron chi connectivity index (χ3n) is 3.39. The summed E-state index contributed by atoms with van der Waals surface area (Å²) in [6, 6.07) is 7.52. The van der Waals surface area contributed by atoms with Crippen LogP contribution >= 0.6 is 0 Å². The second-order valence-electron chi connectivity index (χ2n) is 5.10. The number of fused-ring (bicyclic) bond motifs is 1. The van der Waals surface area contributed by atoms with Gasteiger partial charge in [-0.1, -0.05) is 12.1 Å². The number of anilines is 1. The maximum atomic E-state index is 12.1. The molecule has 0 spiro atoms. The summed E-state index contributed by atoms with van der Waals surface area (Å²) in [6.07, 6.45) is 0. The number of benzene rings is 1. The molecule has 1 amide bonds. The molecule has 2 heterocycles. The first-order valence-corrected chi connectivity index (χ1v) is 6.87. The van der Waals surface area contributed by atoms with Crippen LogP contribution in [0.1, 0.15) is 11.4 Å². The summed E-state index contributed by atoms with van der Waals surface area (Å²) in [5.74, 6) is 0.417. The number of aromatic nitrogens is 3. The predicted octanol–water partition coefficient (Wildman–Crippen LogP) is 0.0951. The van der Waals surface area contributed by atoms with E-state index in [2.05, 4.69) is 15.7 Å². The molecular weight excluding hydrogens is 270 g/mol. The van der Waals surface area contributed by atoms with E-state index in [1.54, 1.807) is 4.57 Å². The second kappa shape index (κ2) is 5.53. The van der Waals surface area contributed by atoms with Gasteiger partial charge in [-0.2, -0.15) is 5.10 Å². The molecule has 110 valence electrons. The van der Waals surface area contributed by atoms with Crippen LogP contribution in [0.15, 0.2) is 29.1 Å². The van der Waals surface area contributed by atoms with Crippen LogP contribution < -0.4 is 16.3 Å². The lowest BCUT2D eigenvalue weighted by Crippen LogP contribution is -2.35. The van der Waals surface area contributed by atoms with Gasteiger partial charge >= 0.3 is 5.69 Å². The van der Waals surface area contributed by atoms with E-state index >= 15 is 0 Å². The first kappa shape index (κ1) is 13.6. The molecule has 0 atom stereocenters. The first-order valence-electron chi connectivity index (χ1n) is 6.87. The lowest BCUT2D eigenvalue weighted by atomic mass is 10.2. The predicted molar refractivity (Wildman–Crippen MR) is 78.0 cm³/mol. The minimum absolute atomic E-state index is 0.0766. The van der Waals surface area contributed by atoms with E-state index in [4.69, 9.17) is 0 Å². The Morgan fingerprint density at radius 3 is 3.10 bits per heavy atom. The van der Waals surface area contributed by atoms with Gasteiger partial charge in [0.2, 0.25) is 5.91 Å². The van der Waals surface area contributed by atoms with Gasteiger partial charge in [-0.25, -0.2) is 9.48 Å². The number of hydrogen-bond donors (Lipinski definition) is 2. The number of rotatable bonds is 3. The fraction of sp³-hybridized carbons (Fsp3) is 0.357. The lowest BCUT2D eigenvalue weighted by Gasteiger charge is -2.11. The van der Waals surface area contributed by atoms with E-state index in [-0.39, 0.29) is 18.1 Å². The molecule has 0 unspecified atom stereocenters. The molecule has 0 fully saturated rings. The maximum Gasteiger partial charge on any atom is 0.346 e. The van der Waals surface area contributed by atoms with Crippen LogP contribution in [0.5, 0.6) is 0 Å². The Balaban J connectivity index is 1.73. The van der Waals surface area contributed by atoms with Crippen molar-refractivity contribution in [3.8, 4) is 0 Å². The van der Waals surface area contributed by atoms with Crippen LogP contribution in [-0.4, -0.2) is 26.8 Å². The third-order valence-corrected chi connectivity index (χ3v) is 3.39. The Kier molecular flexibility index (Phi) is 3.57. The number of hydrogen-bond acceptors (Lipinski definition) is 4. The van der Waals surface area contributed by atoms with Crippen LogP contribution in [-0.2, 0) is 24.4 Å². The van der Waals surface area contributed by atoms with Crippen molar-refractivity contribution in [3.05, 3.63) is 46.1 Å². The number of amides is 1. The molecule has 1 aromatic carbocycles. The molecule has 1 aliphatic rings. The van der Waals surface area contributed by atoms with Crippen LogP contribution in [0.4, 0.5) is 5.69 Å². The first-order chi connectivity index (χ1) is 10.1. The quantitative estimate of drug-likeness (QED) is 0.838. The van der Waals surface area contributed by atoms with Crippen LogP contribution in [0, 0.1) is 6.92 Å². The Morgan fingerprint density at radius 1 is 1.48 bits per heavy atom. The summed E-state index contributed by atoms with van der Waals surface area (Å²) >= 11 is 0. The van der Waals surface area contributed by atoms with E-state index in [9.17, 15) is 9.59 Å². The lowest BCUT2D eigenvalue weighted by molar-refractivity contribution is -0.117. The monoisotopic (exact) mass is 287 g/mol. The van der Waals surface area contributed by atoms with Crippen molar-refractivity contribution in [2.75, 3.05) is 11.9 Å². The summed E-state index contributed by atoms with van der Waals surface area (Å²) in [5, 5.41) is 10.1.